The topological polar surface area (TPSA) is 29.3 Å². The summed E-state index contributed by atoms with van der Waals surface area (Å²) in [5.74, 6) is 0.874. The quantitative estimate of drug-likeness (QED) is 0.908. The number of hydrogen-bond acceptors (Lipinski definition) is 2. The SMILES string of the molecule is NC1CCC(CN2CCCCC2c2ccccc2)CC1. The summed E-state index contributed by atoms with van der Waals surface area (Å²) in [6, 6.07) is 12.2. The van der Waals surface area contributed by atoms with Crippen LogP contribution in [0.5, 0.6) is 0 Å². The van der Waals surface area contributed by atoms with Crippen LogP contribution in [0.2, 0.25) is 0 Å². The maximum Gasteiger partial charge on any atom is 0.0348 e. The molecule has 2 nitrogen and oxygen atoms in total. The molecular weight excluding hydrogens is 244 g/mol. The van der Waals surface area contributed by atoms with Gasteiger partial charge in [0.05, 0.1) is 0 Å². The molecule has 0 bridgehead atoms. The molecule has 1 aliphatic heterocycles. The van der Waals surface area contributed by atoms with Crippen molar-refractivity contribution < 1.29 is 0 Å². The molecular formula is C18H28N2. The van der Waals surface area contributed by atoms with E-state index in [9.17, 15) is 0 Å². The predicted octanol–water partition coefficient (Wildman–Crippen LogP) is 3.73. The smallest absolute Gasteiger partial charge is 0.0348 e. The summed E-state index contributed by atoms with van der Waals surface area (Å²) in [7, 11) is 0. The van der Waals surface area contributed by atoms with E-state index >= 15 is 0 Å². The Morgan fingerprint density at radius 1 is 0.950 bits per heavy atom. The van der Waals surface area contributed by atoms with E-state index in [0.29, 0.717) is 12.1 Å². The number of rotatable bonds is 3. The third-order valence-electron chi connectivity index (χ3n) is 5.18. The molecule has 0 amide bonds. The second kappa shape index (κ2) is 6.73. The lowest BCUT2D eigenvalue weighted by Crippen LogP contribution is -2.39. The second-order valence-electron chi connectivity index (χ2n) is 6.70. The van der Waals surface area contributed by atoms with Crippen LogP contribution in [0.4, 0.5) is 0 Å². The lowest BCUT2D eigenvalue weighted by Gasteiger charge is -2.39. The molecule has 0 radical (unpaired) electrons. The Hall–Kier alpha value is -0.860. The summed E-state index contributed by atoms with van der Waals surface area (Å²) in [5, 5.41) is 0. The zero-order valence-corrected chi connectivity index (χ0v) is 12.5. The minimum atomic E-state index is 0.470. The summed E-state index contributed by atoms with van der Waals surface area (Å²) in [5.41, 5.74) is 7.55. The van der Waals surface area contributed by atoms with Crippen molar-refractivity contribution in [3.8, 4) is 0 Å². The highest BCUT2D eigenvalue weighted by Gasteiger charge is 2.27. The van der Waals surface area contributed by atoms with Gasteiger partial charge in [-0.2, -0.15) is 0 Å². The average Bonchev–Trinajstić information content (AvgIpc) is 2.51. The molecule has 0 spiro atoms. The predicted molar refractivity (Wildman–Crippen MR) is 84.5 cm³/mol. The standard InChI is InChI=1S/C18H28N2/c19-17-11-9-15(10-12-17)14-20-13-5-4-8-18(20)16-6-2-1-3-7-16/h1-3,6-7,15,17-18H,4-5,8-14,19H2. The number of benzene rings is 1. The van der Waals surface area contributed by atoms with Gasteiger partial charge in [0.25, 0.3) is 0 Å². The molecule has 20 heavy (non-hydrogen) atoms. The van der Waals surface area contributed by atoms with E-state index in [1.807, 2.05) is 0 Å². The average molecular weight is 272 g/mol. The fourth-order valence-electron chi connectivity index (χ4n) is 3.96. The zero-order valence-electron chi connectivity index (χ0n) is 12.5. The van der Waals surface area contributed by atoms with Gasteiger partial charge in [0.15, 0.2) is 0 Å². The van der Waals surface area contributed by atoms with Gasteiger partial charge in [0, 0.05) is 18.6 Å². The van der Waals surface area contributed by atoms with Crippen molar-refractivity contribution in [3.63, 3.8) is 0 Å². The molecule has 1 unspecified atom stereocenters. The van der Waals surface area contributed by atoms with Gasteiger partial charge >= 0.3 is 0 Å². The molecule has 2 aliphatic rings. The maximum atomic E-state index is 6.03. The minimum Gasteiger partial charge on any atom is -0.328 e. The third kappa shape index (κ3) is 3.42. The Kier molecular flexibility index (Phi) is 4.74. The summed E-state index contributed by atoms with van der Waals surface area (Å²) in [6.45, 7) is 2.56. The van der Waals surface area contributed by atoms with E-state index in [2.05, 4.69) is 35.2 Å². The van der Waals surface area contributed by atoms with E-state index in [0.717, 1.165) is 5.92 Å². The monoisotopic (exact) mass is 272 g/mol. The number of piperidine rings is 1. The molecule has 1 aromatic carbocycles. The van der Waals surface area contributed by atoms with Crippen LogP contribution in [0.3, 0.4) is 0 Å². The largest absolute Gasteiger partial charge is 0.328 e. The van der Waals surface area contributed by atoms with Gasteiger partial charge in [0.2, 0.25) is 0 Å². The van der Waals surface area contributed by atoms with E-state index < -0.39 is 0 Å². The summed E-state index contributed by atoms with van der Waals surface area (Å²) in [4.78, 5) is 2.75. The van der Waals surface area contributed by atoms with Gasteiger partial charge < -0.3 is 5.73 Å². The van der Waals surface area contributed by atoms with Gasteiger partial charge in [-0.15, -0.1) is 0 Å². The molecule has 2 fully saturated rings. The van der Waals surface area contributed by atoms with Gasteiger partial charge in [-0.3, -0.25) is 4.90 Å². The molecule has 1 saturated carbocycles. The van der Waals surface area contributed by atoms with Gasteiger partial charge in [0.1, 0.15) is 0 Å². The zero-order chi connectivity index (χ0) is 13.8. The molecule has 0 aromatic heterocycles. The van der Waals surface area contributed by atoms with Crippen molar-refractivity contribution in [1.82, 2.24) is 4.90 Å². The lowest BCUT2D eigenvalue weighted by atomic mass is 9.85. The van der Waals surface area contributed by atoms with Crippen molar-refractivity contribution in [2.45, 2.75) is 57.0 Å². The van der Waals surface area contributed by atoms with E-state index in [1.54, 1.807) is 0 Å². The van der Waals surface area contributed by atoms with Gasteiger partial charge in [-0.25, -0.2) is 0 Å². The molecule has 1 heterocycles. The van der Waals surface area contributed by atoms with Crippen LogP contribution in [0, 0.1) is 5.92 Å². The molecule has 3 rings (SSSR count). The summed E-state index contributed by atoms with van der Waals surface area (Å²) in [6.07, 6.45) is 9.21. The summed E-state index contributed by atoms with van der Waals surface area (Å²) < 4.78 is 0. The van der Waals surface area contributed by atoms with Crippen molar-refractivity contribution in [3.05, 3.63) is 35.9 Å². The summed E-state index contributed by atoms with van der Waals surface area (Å²) >= 11 is 0. The van der Waals surface area contributed by atoms with Crippen LogP contribution in [0.15, 0.2) is 30.3 Å². The van der Waals surface area contributed by atoms with Crippen LogP contribution in [0.25, 0.3) is 0 Å². The fraction of sp³-hybridized carbons (Fsp3) is 0.667. The number of hydrogen-bond donors (Lipinski definition) is 1. The Labute approximate surface area is 123 Å². The number of nitrogens with zero attached hydrogens (tertiary/aromatic N) is 1. The Morgan fingerprint density at radius 2 is 1.70 bits per heavy atom. The minimum absolute atomic E-state index is 0.470. The van der Waals surface area contributed by atoms with Crippen molar-refractivity contribution in [2.24, 2.45) is 11.7 Å². The van der Waals surface area contributed by atoms with Gasteiger partial charge in [-0.05, 0) is 56.6 Å². The van der Waals surface area contributed by atoms with Crippen LogP contribution in [-0.4, -0.2) is 24.0 Å². The van der Waals surface area contributed by atoms with E-state index in [4.69, 9.17) is 5.73 Å². The normalized spacial score (nSPS) is 32.1. The lowest BCUT2D eigenvalue weighted by molar-refractivity contribution is 0.111. The molecule has 2 heteroatoms. The molecule has 1 aliphatic carbocycles. The fourth-order valence-corrected chi connectivity index (χ4v) is 3.96. The Balaban J connectivity index is 1.64. The van der Waals surface area contributed by atoms with Gasteiger partial charge in [-0.1, -0.05) is 36.8 Å². The Bertz CT molecular complexity index is 395. The maximum absolute atomic E-state index is 6.03. The van der Waals surface area contributed by atoms with Crippen LogP contribution in [0.1, 0.15) is 56.6 Å². The van der Waals surface area contributed by atoms with Crippen LogP contribution < -0.4 is 5.73 Å². The highest BCUT2D eigenvalue weighted by Crippen LogP contribution is 2.33. The first-order valence-corrected chi connectivity index (χ1v) is 8.37. The highest BCUT2D eigenvalue weighted by molar-refractivity contribution is 5.19. The van der Waals surface area contributed by atoms with Crippen molar-refractivity contribution in [2.75, 3.05) is 13.1 Å². The van der Waals surface area contributed by atoms with Crippen molar-refractivity contribution >= 4 is 0 Å². The van der Waals surface area contributed by atoms with Crippen LogP contribution >= 0.6 is 0 Å². The third-order valence-corrected chi connectivity index (χ3v) is 5.18. The molecule has 1 saturated heterocycles. The number of likely N-dealkylation sites (tertiary alicyclic amines) is 1. The first kappa shape index (κ1) is 14.1. The Morgan fingerprint density at radius 3 is 2.45 bits per heavy atom. The molecule has 1 atom stereocenters. The first-order valence-electron chi connectivity index (χ1n) is 8.37. The van der Waals surface area contributed by atoms with Crippen molar-refractivity contribution in [1.29, 1.82) is 0 Å². The highest BCUT2D eigenvalue weighted by atomic mass is 15.2. The molecule has 1 aromatic rings. The van der Waals surface area contributed by atoms with Crippen LogP contribution in [-0.2, 0) is 0 Å². The van der Waals surface area contributed by atoms with E-state index in [1.165, 1.54) is 63.6 Å². The second-order valence-corrected chi connectivity index (χ2v) is 6.70. The van der Waals surface area contributed by atoms with E-state index in [-0.39, 0.29) is 0 Å². The molecule has 2 N–H and O–H groups in total. The number of nitrogens with two attached hydrogens (primary N) is 1. The first-order chi connectivity index (χ1) is 9.83. The molecule has 110 valence electrons.